The van der Waals surface area contributed by atoms with Crippen LogP contribution >= 0.6 is 11.3 Å². The van der Waals surface area contributed by atoms with Crippen molar-refractivity contribution in [3.63, 3.8) is 0 Å². The first kappa shape index (κ1) is 13.9. The van der Waals surface area contributed by atoms with Crippen LogP contribution in [-0.2, 0) is 0 Å². The van der Waals surface area contributed by atoms with E-state index in [1.165, 1.54) is 10.4 Å². The van der Waals surface area contributed by atoms with Gasteiger partial charge in [0.1, 0.15) is 12.1 Å². The maximum absolute atomic E-state index is 11.0. The highest BCUT2D eigenvalue weighted by Crippen LogP contribution is 2.28. The molecule has 0 amide bonds. The van der Waals surface area contributed by atoms with Crippen LogP contribution in [0.1, 0.15) is 16.2 Å². The first-order valence-electron chi connectivity index (χ1n) is 7.35. The van der Waals surface area contributed by atoms with Crippen LogP contribution in [-0.4, -0.2) is 15.8 Å². The number of fused-ring (bicyclic) bond motifs is 1. The van der Waals surface area contributed by atoms with Gasteiger partial charge < -0.3 is 0 Å². The molecule has 0 radical (unpaired) electrons. The summed E-state index contributed by atoms with van der Waals surface area (Å²) in [5.74, 6) is 0.909. The monoisotopic (exact) mass is 318 g/mol. The molecule has 2 heterocycles. The maximum atomic E-state index is 11.0. The second-order valence-corrected chi connectivity index (χ2v) is 6.34. The van der Waals surface area contributed by atoms with E-state index in [1.54, 1.807) is 11.3 Å². The van der Waals surface area contributed by atoms with Crippen LogP contribution in [0.15, 0.2) is 60.0 Å². The molecule has 4 heteroatoms. The Morgan fingerprint density at radius 2 is 2.00 bits per heavy atom. The summed E-state index contributed by atoms with van der Waals surface area (Å²) < 4.78 is 2.13. The van der Waals surface area contributed by atoms with Gasteiger partial charge in [-0.15, -0.1) is 11.3 Å². The number of carbonyl (C=O) groups is 1. The first-order valence-corrected chi connectivity index (χ1v) is 8.23. The molecule has 23 heavy (non-hydrogen) atoms. The minimum Gasteiger partial charge on any atom is -0.298 e. The topological polar surface area (TPSA) is 34.9 Å². The van der Waals surface area contributed by atoms with Crippen molar-refractivity contribution in [3.8, 4) is 16.1 Å². The van der Waals surface area contributed by atoms with Gasteiger partial charge in [-0.3, -0.25) is 9.36 Å². The van der Waals surface area contributed by atoms with E-state index in [0.29, 0.717) is 5.56 Å². The van der Waals surface area contributed by atoms with Crippen molar-refractivity contribution in [1.82, 2.24) is 9.55 Å². The van der Waals surface area contributed by atoms with Gasteiger partial charge >= 0.3 is 0 Å². The predicted molar refractivity (Wildman–Crippen MR) is 94.5 cm³/mol. The molecule has 2 aromatic heterocycles. The van der Waals surface area contributed by atoms with E-state index in [0.717, 1.165) is 28.8 Å². The zero-order valence-electron chi connectivity index (χ0n) is 12.6. The zero-order chi connectivity index (χ0) is 15.8. The molecule has 0 spiro atoms. The van der Waals surface area contributed by atoms with Crippen LogP contribution in [0, 0.1) is 6.92 Å². The van der Waals surface area contributed by atoms with Gasteiger partial charge in [-0.1, -0.05) is 18.2 Å². The number of imidazole rings is 1. The molecular weight excluding hydrogens is 304 g/mol. The van der Waals surface area contributed by atoms with Crippen LogP contribution in [0.3, 0.4) is 0 Å². The Morgan fingerprint density at radius 3 is 2.78 bits per heavy atom. The second kappa shape index (κ2) is 5.48. The largest absolute Gasteiger partial charge is 0.298 e. The summed E-state index contributed by atoms with van der Waals surface area (Å²) in [5, 5.41) is 2.08. The Kier molecular flexibility index (Phi) is 3.32. The first-order chi connectivity index (χ1) is 11.3. The highest BCUT2D eigenvalue weighted by atomic mass is 32.1. The van der Waals surface area contributed by atoms with Crippen molar-refractivity contribution in [1.29, 1.82) is 0 Å². The van der Waals surface area contributed by atoms with E-state index < -0.39 is 0 Å². The fraction of sp³-hybridized carbons (Fsp3) is 0.0526. The van der Waals surface area contributed by atoms with Crippen molar-refractivity contribution in [2.45, 2.75) is 6.92 Å². The quantitative estimate of drug-likeness (QED) is 0.505. The number of aromatic nitrogens is 2. The summed E-state index contributed by atoms with van der Waals surface area (Å²) >= 11 is 1.73. The Hall–Kier alpha value is -2.72. The molecule has 4 aromatic rings. The molecule has 0 aliphatic heterocycles. The number of aldehydes is 1. The Morgan fingerprint density at radius 1 is 1.09 bits per heavy atom. The molecule has 0 saturated carbocycles. The van der Waals surface area contributed by atoms with E-state index in [-0.39, 0.29) is 0 Å². The fourth-order valence-electron chi connectivity index (χ4n) is 2.86. The lowest BCUT2D eigenvalue weighted by atomic mass is 10.1. The van der Waals surface area contributed by atoms with Gasteiger partial charge in [0.2, 0.25) is 0 Å². The van der Waals surface area contributed by atoms with Crippen LogP contribution in [0.25, 0.3) is 27.2 Å². The molecule has 112 valence electrons. The second-order valence-electron chi connectivity index (χ2n) is 5.39. The molecule has 0 unspecified atom stereocenters. The highest BCUT2D eigenvalue weighted by Gasteiger charge is 2.11. The van der Waals surface area contributed by atoms with E-state index in [4.69, 9.17) is 0 Å². The lowest BCUT2D eigenvalue weighted by molar-refractivity contribution is 0.112. The molecule has 4 rings (SSSR count). The van der Waals surface area contributed by atoms with Gasteiger partial charge in [0.25, 0.3) is 0 Å². The lowest BCUT2D eigenvalue weighted by Gasteiger charge is -2.09. The van der Waals surface area contributed by atoms with Crippen molar-refractivity contribution >= 4 is 28.7 Å². The Balaban J connectivity index is 1.91. The molecule has 0 aliphatic carbocycles. The number of nitrogens with zero attached hydrogens (tertiary/aromatic N) is 2. The van der Waals surface area contributed by atoms with E-state index in [2.05, 4.69) is 51.3 Å². The average molecular weight is 318 g/mol. The molecule has 0 atom stereocenters. The van der Waals surface area contributed by atoms with E-state index in [9.17, 15) is 4.79 Å². The van der Waals surface area contributed by atoms with Crippen LogP contribution in [0.4, 0.5) is 0 Å². The van der Waals surface area contributed by atoms with Crippen LogP contribution in [0.2, 0.25) is 0 Å². The van der Waals surface area contributed by atoms with E-state index in [1.807, 2.05) is 25.1 Å². The number of hydrogen-bond acceptors (Lipinski definition) is 3. The third-order valence-corrected chi connectivity index (χ3v) is 4.81. The minimum absolute atomic E-state index is 0.648. The molecule has 0 fully saturated rings. The maximum Gasteiger partial charge on any atom is 0.150 e. The van der Waals surface area contributed by atoms with Gasteiger partial charge in [-0.05, 0) is 54.3 Å². The zero-order valence-corrected chi connectivity index (χ0v) is 13.4. The number of rotatable bonds is 3. The number of hydrogen-bond donors (Lipinski definition) is 0. The van der Waals surface area contributed by atoms with Gasteiger partial charge in [-0.2, -0.15) is 0 Å². The molecule has 0 N–H and O–H groups in total. The summed E-state index contributed by atoms with van der Waals surface area (Å²) in [7, 11) is 0. The third-order valence-electron chi connectivity index (χ3n) is 3.89. The van der Waals surface area contributed by atoms with E-state index >= 15 is 0 Å². The molecule has 3 nitrogen and oxygen atoms in total. The molecule has 2 aromatic carbocycles. The summed E-state index contributed by atoms with van der Waals surface area (Å²) in [5.41, 5.74) is 4.78. The van der Waals surface area contributed by atoms with Gasteiger partial charge in [-0.25, -0.2) is 4.98 Å². The van der Waals surface area contributed by atoms with Crippen molar-refractivity contribution < 1.29 is 4.79 Å². The summed E-state index contributed by atoms with van der Waals surface area (Å²) in [4.78, 5) is 16.8. The number of carbonyl (C=O) groups excluding carboxylic acids is 1. The smallest absolute Gasteiger partial charge is 0.150 e. The minimum atomic E-state index is 0.648. The van der Waals surface area contributed by atoms with Crippen LogP contribution < -0.4 is 0 Å². The number of aryl methyl sites for hydroxylation is 1. The van der Waals surface area contributed by atoms with Gasteiger partial charge in [0.05, 0.1) is 11.0 Å². The average Bonchev–Trinajstić information content (AvgIpc) is 3.21. The fourth-order valence-corrected chi connectivity index (χ4v) is 3.58. The van der Waals surface area contributed by atoms with Crippen molar-refractivity contribution in [3.05, 3.63) is 71.4 Å². The van der Waals surface area contributed by atoms with Crippen molar-refractivity contribution in [2.75, 3.05) is 0 Å². The SMILES string of the molecule is Cc1nc2cc(C=O)ccc2n1-c1cccc(-c2cccs2)c1. The lowest BCUT2D eigenvalue weighted by Crippen LogP contribution is -1.97. The summed E-state index contributed by atoms with van der Waals surface area (Å²) in [6.45, 7) is 1.98. The van der Waals surface area contributed by atoms with Crippen molar-refractivity contribution in [2.24, 2.45) is 0 Å². The Bertz CT molecular complexity index is 1000. The Labute approximate surface area is 137 Å². The normalized spacial score (nSPS) is 11.0. The van der Waals surface area contributed by atoms with Crippen LogP contribution in [0.5, 0.6) is 0 Å². The summed E-state index contributed by atoms with van der Waals surface area (Å²) in [6, 6.07) is 18.2. The summed E-state index contributed by atoms with van der Waals surface area (Å²) in [6.07, 6.45) is 0.852. The highest BCUT2D eigenvalue weighted by molar-refractivity contribution is 7.13. The number of thiophene rings is 1. The predicted octanol–water partition coefficient (Wildman–Crippen LogP) is 4.87. The van der Waals surface area contributed by atoms with Gasteiger partial charge in [0, 0.05) is 16.1 Å². The standard InChI is InChI=1S/C19H14N2OS/c1-13-20-17-10-14(12-22)7-8-18(17)21(13)16-5-2-4-15(11-16)19-6-3-9-23-19/h2-12H,1H3. The molecule has 0 bridgehead atoms. The number of benzene rings is 2. The molecule has 0 aliphatic rings. The molecular formula is C19H14N2OS. The third kappa shape index (κ3) is 2.37. The van der Waals surface area contributed by atoms with Gasteiger partial charge in [0.15, 0.2) is 0 Å². The molecule has 0 saturated heterocycles.